The maximum absolute atomic E-state index is 2.51. The summed E-state index contributed by atoms with van der Waals surface area (Å²) >= 11 is 0. The van der Waals surface area contributed by atoms with Crippen LogP contribution >= 0.6 is 10.0 Å². The Hall–Kier alpha value is -1.73. The fraction of sp³-hybridized carbons (Fsp3) is 0.360. The van der Waals surface area contributed by atoms with Gasteiger partial charge in [-0.2, -0.15) is 10.0 Å². The third-order valence-electron chi connectivity index (χ3n) is 6.01. The second-order valence-corrected chi connectivity index (χ2v) is 11.2. The Bertz CT molecular complexity index is 697. The van der Waals surface area contributed by atoms with E-state index in [1.165, 1.54) is 44.9 Å². The molecule has 4 rings (SSSR count). The van der Waals surface area contributed by atoms with Crippen molar-refractivity contribution in [3.05, 3.63) is 85.0 Å². The van der Waals surface area contributed by atoms with E-state index in [0.29, 0.717) is 5.25 Å². The maximum Gasteiger partial charge on any atom is 0.0186 e. The molecular weight excluding hydrogens is 332 g/mol. The van der Waals surface area contributed by atoms with Gasteiger partial charge in [-0.25, -0.2) is 0 Å². The van der Waals surface area contributed by atoms with E-state index in [1.807, 2.05) is 0 Å². The highest BCUT2D eigenvalue weighted by Crippen LogP contribution is 2.72. The standard InChI is InChI=1S/C25H30S/c1-2-7-15-22(14-6-1)26(23-16-8-3-9-17-23,24-18-10-4-11-19-24)25-20-12-5-13-21-25/h3-5,8-13,16-20,22,25H,1-2,6-7,14-15,21H2. The Morgan fingerprint density at radius 3 is 1.73 bits per heavy atom. The van der Waals surface area contributed by atoms with Crippen LogP contribution in [0.15, 0.2) is 94.8 Å². The zero-order chi connectivity index (χ0) is 17.7. The van der Waals surface area contributed by atoms with Crippen LogP contribution < -0.4 is 0 Å². The van der Waals surface area contributed by atoms with Gasteiger partial charge in [0, 0.05) is 5.25 Å². The van der Waals surface area contributed by atoms with Crippen LogP contribution in [0.25, 0.3) is 0 Å². The average molecular weight is 363 g/mol. The number of allylic oxidation sites excluding steroid dienone is 3. The van der Waals surface area contributed by atoms with Crippen LogP contribution in [0.4, 0.5) is 0 Å². The summed E-state index contributed by atoms with van der Waals surface area (Å²) in [5.74, 6) is 0. The van der Waals surface area contributed by atoms with Crippen LogP contribution in [0.3, 0.4) is 0 Å². The van der Waals surface area contributed by atoms with Gasteiger partial charge in [0.15, 0.2) is 0 Å². The SMILES string of the molecule is C1=CCC(S(c2ccccc2)(c2ccccc2)C2CCCCCC2)C=C1. The molecule has 2 aromatic rings. The summed E-state index contributed by atoms with van der Waals surface area (Å²) in [7, 11) is -1.12. The van der Waals surface area contributed by atoms with E-state index in [2.05, 4.69) is 85.0 Å². The maximum atomic E-state index is 2.51. The highest BCUT2D eigenvalue weighted by atomic mass is 32.3. The Labute approximate surface area is 160 Å². The van der Waals surface area contributed by atoms with Crippen molar-refractivity contribution in [3.8, 4) is 0 Å². The summed E-state index contributed by atoms with van der Waals surface area (Å²) in [5.41, 5.74) is 0. The van der Waals surface area contributed by atoms with Crippen molar-refractivity contribution in [1.29, 1.82) is 0 Å². The fourth-order valence-corrected chi connectivity index (χ4v) is 10.1. The third kappa shape index (κ3) is 3.30. The lowest BCUT2D eigenvalue weighted by Gasteiger charge is -2.52. The number of hydrogen-bond donors (Lipinski definition) is 0. The molecule has 0 N–H and O–H groups in total. The van der Waals surface area contributed by atoms with Crippen LogP contribution in [-0.4, -0.2) is 10.5 Å². The molecule has 1 fully saturated rings. The third-order valence-corrected chi connectivity index (χ3v) is 10.9. The molecule has 0 aliphatic heterocycles. The van der Waals surface area contributed by atoms with Crippen molar-refractivity contribution in [2.45, 2.75) is 65.2 Å². The van der Waals surface area contributed by atoms with Crippen LogP contribution in [0, 0.1) is 0 Å². The largest absolute Gasteiger partial charge is 0.178 e. The van der Waals surface area contributed by atoms with Crippen molar-refractivity contribution in [1.82, 2.24) is 0 Å². The molecule has 0 heterocycles. The van der Waals surface area contributed by atoms with Crippen LogP contribution in [0.2, 0.25) is 0 Å². The fourth-order valence-electron chi connectivity index (χ4n) is 4.86. The van der Waals surface area contributed by atoms with Crippen LogP contribution in [-0.2, 0) is 0 Å². The minimum Gasteiger partial charge on any atom is -0.178 e. The van der Waals surface area contributed by atoms with Gasteiger partial charge < -0.3 is 0 Å². The van der Waals surface area contributed by atoms with Crippen molar-refractivity contribution < 1.29 is 0 Å². The van der Waals surface area contributed by atoms with Gasteiger partial charge in [0.25, 0.3) is 0 Å². The number of rotatable bonds is 4. The lowest BCUT2D eigenvalue weighted by Crippen LogP contribution is -2.29. The van der Waals surface area contributed by atoms with Gasteiger partial charge in [0.1, 0.15) is 0 Å². The van der Waals surface area contributed by atoms with Gasteiger partial charge in [0.2, 0.25) is 0 Å². The second-order valence-electron chi connectivity index (χ2n) is 7.54. The average Bonchev–Trinajstić information content (AvgIpc) is 3.01. The summed E-state index contributed by atoms with van der Waals surface area (Å²) in [6, 6.07) is 23.0. The first-order valence-electron chi connectivity index (χ1n) is 10.2. The Morgan fingerprint density at radius 1 is 0.654 bits per heavy atom. The van der Waals surface area contributed by atoms with E-state index in [-0.39, 0.29) is 0 Å². The molecule has 136 valence electrons. The molecule has 1 heteroatoms. The van der Waals surface area contributed by atoms with Gasteiger partial charge >= 0.3 is 0 Å². The molecule has 0 radical (unpaired) electrons. The summed E-state index contributed by atoms with van der Waals surface area (Å²) in [4.78, 5) is 3.17. The van der Waals surface area contributed by atoms with E-state index in [4.69, 9.17) is 0 Å². The molecule has 26 heavy (non-hydrogen) atoms. The highest BCUT2D eigenvalue weighted by molar-refractivity contribution is 8.34. The Kier molecular flexibility index (Phi) is 5.65. The predicted molar refractivity (Wildman–Crippen MR) is 115 cm³/mol. The van der Waals surface area contributed by atoms with Gasteiger partial charge in [-0.1, -0.05) is 86.4 Å². The topological polar surface area (TPSA) is 0 Å². The molecule has 0 aromatic heterocycles. The lowest BCUT2D eigenvalue weighted by molar-refractivity contribution is 0.702. The molecule has 0 nitrogen and oxygen atoms in total. The first-order chi connectivity index (χ1) is 12.9. The minimum atomic E-state index is -1.12. The predicted octanol–water partition coefficient (Wildman–Crippen LogP) is 7.52. The molecule has 0 bridgehead atoms. The Morgan fingerprint density at radius 2 is 1.23 bits per heavy atom. The van der Waals surface area contributed by atoms with Crippen molar-refractivity contribution in [3.63, 3.8) is 0 Å². The van der Waals surface area contributed by atoms with Gasteiger partial charge in [-0.3, -0.25) is 0 Å². The molecule has 2 aliphatic rings. The summed E-state index contributed by atoms with van der Waals surface area (Å²) < 4.78 is 0. The minimum absolute atomic E-state index is 0.611. The van der Waals surface area contributed by atoms with Gasteiger partial charge in [0.05, 0.1) is 0 Å². The normalized spacial score (nSPS) is 22.1. The van der Waals surface area contributed by atoms with E-state index >= 15 is 0 Å². The van der Waals surface area contributed by atoms with E-state index < -0.39 is 10.0 Å². The van der Waals surface area contributed by atoms with Crippen molar-refractivity contribution in [2.75, 3.05) is 0 Å². The van der Waals surface area contributed by atoms with Crippen molar-refractivity contribution >= 4 is 10.0 Å². The summed E-state index contributed by atoms with van der Waals surface area (Å²) in [6.07, 6.45) is 19.0. The molecular formula is C25H30S. The monoisotopic (exact) mass is 362 g/mol. The van der Waals surface area contributed by atoms with E-state index in [1.54, 1.807) is 9.79 Å². The van der Waals surface area contributed by atoms with E-state index in [0.717, 1.165) is 5.25 Å². The molecule has 2 aliphatic carbocycles. The first kappa shape index (κ1) is 17.7. The van der Waals surface area contributed by atoms with Crippen LogP contribution in [0.5, 0.6) is 0 Å². The zero-order valence-corrected chi connectivity index (χ0v) is 16.4. The molecule has 0 saturated heterocycles. The zero-order valence-electron chi connectivity index (χ0n) is 15.6. The molecule has 0 amide bonds. The Balaban J connectivity index is 1.93. The van der Waals surface area contributed by atoms with Crippen LogP contribution in [0.1, 0.15) is 44.9 Å². The lowest BCUT2D eigenvalue weighted by atomic mass is 10.2. The first-order valence-corrected chi connectivity index (χ1v) is 11.9. The van der Waals surface area contributed by atoms with E-state index in [9.17, 15) is 0 Å². The van der Waals surface area contributed by atoms with Crippen molar-refractivity contribution in [2.24, 2.45) is 0 Å². The number of hydrogen-bond acceptors (Lipinski definition) is 0. The summed E-state index contributed by atoms with van der Waals surface area (Å²) in [5, 5.41) is 1.40. The molecule has 1 saturated carbocycles. The molecule has 0 spiro atoms. The van der Waals surface area contributed by atoms with Gasteiger partial charge in [-0.05, 0) is 58.6 Å². The smallest absolute Gasteiger partial charge is 0.0186 e. The number of benzene rings is 2. The van der Waals surface area contributed by atoms with Gasteiger partial charge in [-0.15, -0.1) is 0 Å². The summed E-state index contributed by atoms with van der Waals surface area (Å²) in [6.45, 7) is 0. The molecule has 1 unspecified atom stereocenters. The highest BCUT2D eigenvalue weighted by Gasteiger charge is 2.42. The molecule has 2 aromatic carbocycles. The molecule has 1 atom stereocenters. The quantitative estimate of drug-likeness (QED) is 0.493. The second kappa shape index (κ2) is 8.31.